The summed E-state index contributed by atoms with van der Waals surface area (Å²) in [6, 6.07) is 19.0. The molecule has 3 heteroatoms. The third kappa shape index (κ3) is 3.90. The average Bonchev–Trinajstić information content (AvgIpc) is 2.70. The fourth-order valence-corrected chi connectivity index (χ4v) is 3.36. The second-order valence-electron chi connectivity index (χ2n) is 6.33. The van der Waals surface area contributed by atoms with Crippen LogP contribution < -0.4 is 4.74 Å². The molecule has 0 atom stereocenters. The van der Waals surface area contributed by atoms with Gasteiger partial charge >= 0.3 is 0 Å². The number of aliphatic hydroxyl groups excluding tert-OH is 1. The maximum Gasteiger partial charge on any atom is 0.118 e. The van der Waals surface area contributed by atoms with Crippen molar-refractivity contribution >= 4 is 10.8 Å². The van der Waals surface area contributed by atoms with Crippen LogP contribution in [0.1, 0.15) is 24.5 Å². The molecule has 0 aliphatic heterocycles. The van der Waals surface area contributed by atoms with E-state index in [1.165, 1.54) is 33.0 Å². The lowest BCUT2D eigenvalue weighted by Crippen LogP contribution is -2.01. The van der Waals surface area contributed by atoms with Crippen LogP contribution in [0.5, 0.6) is 5.75 Å². The van der Waals surface area contributed by atoms with E-state index in [2.05, 4.69) is 49.4 Å². The van der Waals surface area contributed by atoms with Crippen molar-refractivity contribution in [3.05, 3.63) is 65.7 Å². The van der Waals surface area contributed by atoms with Crippen LogP contribution in [0.3, 0.4) is 0 Å². The molecule has 0 fully saturated rings. The molecule has 136 valence electrons. The summed E-state index contributed by atoms with van der Waals surface area (Å²) < 4.78 is 11.1. The molecule has 0 heterocycles. The summed E-state index contributed by atoms with van der Waals surface area (Å²) in [6.07, 6.45) is 1.62. The monoisotopic (exact) mass is 350 g/mol. The first kappa shape index (κ1) is 18.4. The van der Waals surface area contributed by atoms with E-state index in [0.717, 1.165) is 12.2 Å². The Morgan fingerprint density at radius 1 is 0.923 bits per heavy atom. The fourth-order valence-electron chi connectivity index (χ4n) is 3.36. The molecule has 0 saturated heterocycles. The average molecular weight is 350 g/mol. The third-order valence-corrected chi connectivity index (χ3v) is 4.68. The van der Waals surface area contributed by atoms with E-state index in [9.17, 15) is 0 Å². The number of methoxy groups -OCH3 is 1. The van der Waals surface area contributed by atoms with Gasteiger partial charge in [-0.2, -0.15) is 0 Å². The van der Waals surface area contributed by atoms with Crippen LogP contribution in [0.2, 0.25) is 0 Å². The molecule has 0 aromatic heterocycles. The van der Waals surface area contributed by atoms with E-state index in [4.69, 9.17) is 14.6 Å². The first-order valence-corrected chi connectivity index (χ1v) is 9.15. The molecule has 0 unspecified atom stereocenters. The smallest absolute Gasteiger partial charge is 0.118 e. The van der Waals surface area contributed by atoms with Crippen molar-refractivity contribution in [1.29, 1.82) is 0 Å². The highest BCUT2D eigenvalue weighted by atomic mass is 16.5. The standard InChI is InChI=1S/C23H26O3/c1-3-17-15-19(16-26-14-6-13-24)21-7-4-5-8-22(21)23(17)18-9-11-20(25-2)12-10-18/h4-5,7-12,15,24H,3,6,13-14,16H2,1-2H3. The van der Waals surface area contributed by atoms with E-state index < -0.39 is 0 Å². The lowest BCUT2D eigenvalue weighted by atomic mass is 9.89. The first-order valence-electron chi connectivity index (χ1n) is 9.15. The molecule has 0 aliphatic rings. The molecule has 3 nitrogen and oxygen atoms in total. The summed E-state index contributed by atoms with van der Waals surface area (Å²) in [7, 11) is 1.69. The minimum atomic E-state index is 0.164. The van der Waals surface area contributed by atoms with Gasteiger partial charge in [-0.05, 0) is 58.0 Å². The summed E-state index contributed by atoms with van der Waals surface area (Å²) in [5.74, 6) is 0.866. The molecule has 3 rings (SSSR count). The SMILES string of the molecule is CCc1cc(COCCCO)c2ccccc2c1-c1ccc(OC)cc1. The van der Waals surface area contributed by atoms with Gasteiger partial charge in [-0.3, -0.25) is 0 Å². The molecule has 0 amide bonds. The molecule has 3 aromatic carbocycles. The largest absolute Gasteiger partial charge is 0.497 e. The Morgan fingerprint density at radius 2 is 1.65 bits per heavy atom. The van der Waals surface area contributed by atoms with Gasteiger partial charge in [-0.1, -0.05) is 49.4 Å². The van der Waals surface area contributed by atoms with Gasteiger partial charge in [-0.15, -0.1) is 0 Å². The third-order valence-electron chi connectivity index (χ3n) is 4.68. The van der Waals surface area contributed by atoms with Gasteiger partial charge < -0.3 is 14.6 Å². The molecule has 0 aliphatic carbocycles. The first-order chi connectivity index (χ1) is 12.8. The van der Waals surface area contributed by atoms with Gasteiger partial charge in [0.25, 0.3) is 0 Å². The number of aliphatic hydroxyl groups is 1. The van der Waals surface area contributed by atoms with Crippen LogP contribution >= 0.6 is 0 Å². The van der Waals surface area contributed by atoms with E-state index in [-0.39, 0.29) is 6.61 Å². The topological polar surface area (TPSA) is 38.7 Å². The molecular formula is C23H26O3. The molecule has 0 bridgehead atoms. The highest BCUT2D eigenvalue weighted by Crippen LogP contribution is 2.35. The second kappa shape index (κ2) is 8.84. The Balaban J connectivity index is 2.08. The number of hydrogen-bond donors (Lipinski definition) is 1. The molecule has 0 saturated carbocycles. The fraction of sp³-hybridized carbons (Fsp3) is 0.304. The zero-order valence-electron chi connectivity index (χ0n) is 15.5. The Hall–Kier alpha value is -2.36. The van der Waals surface area contributed by atoms with Crippen LogP contribution in [-0.2, 0) is 17.8 Å². The molecule has 1 N–H and O–H groups in total. The maximum atomic E-state index is 8.93. The second-order valence-corrected chi connectivity index (χ2v) is 6.33. The lowest BCUT2D eigenvalue weighted by Gasteiger charge is -2.17. The molecule has 26 heavy (non-hydrogen) atoms. The lowest BCUT2D eigenvalue weighted by molar-refractivity contribution is 0.105. The summed E-state index contributed by atoms with van der Waals surface area (Å²) in [4.78, 5) is 0. The molecule has 0 radical (unpaired) electrons. The number of hydrogen-bond acceptors (Lipinski definition) is 3. The van der Waals surface area contributed by atoms with Crippen LogP contribution in [0.4, 0.5) is 0 Å². The van der Waals surface area contributed by atoms with Crippen molar-refractivity contribution < 1.29 is 14.6 Å². The van der Waals surface area contributed by atoms with Gasteiger partial charge in [0.2, 0.25) is 0 Å². The Morgan fingerprint density at radius 3 is 2.31 bits per heavy atom. The summed E-state index contributed by atoms with van der Waals surface area (Å²) in [5, 5.41) is 11.4. The van der Waals surface area contributed by atoms with E-state index in [0.29, 0.717) is 19.6 Å². The Bertz CT molecular complexity index is 853. The Labute approximate surface area is 155 Å². The molecule has 0 spiro atoms. The Kier molecular flexibility index (Phi) is 6.26. The predicted octanol–water partition coefficient (Wildman–Crippen LogP) is 4.98. The zero-order chi connectivity index (χ0) is 18.4. The summed E-state index contributed by atoms with van der Waals surface area (Å²) in [5.41, 5.74) is 5.00. The van der Waals surface area contributed by atoms with Crippen LogP contribution in [0.25, 0.3) is 21.9 Å². The summed E-state index contributed by atoms with van der Waals surface area (Å²) >= 11 is 0. The van der Waals surface area contributed by atoms with Crippen LogP contribution in [-0.4, -0.2) is 25.4 Å². The van der Waals surface area contributed by atoms with Crippen molar-refractivity contribution in [1.82, 2.24) is 0 Å². The zero-order valence-corrected chi connectivity index (χ0v) is 15.5. The number of benzene rings is 3. The summed E-state index contributed by atoms with van der Waals surface area (Å²) in [6.45, 7) is 3.49. The predicted molar refractivity (Wildman–Crippen MR) is 107 cm³/mol. The highest BCUT2D eigenvalue weighted by molar-refractivity contribution is 6.00. The van der Waals surface area contributed by atoms with Gasteiger partial charge in [0, 0.05) is 13.2 Å². The number of ether oxygens (including phenoxy) is 2. The van der Waals surface area contributed by atoms with E-state index in [1.54, 1.807) is 7.11 Å². The van der Waals surface area contributed by atoms with Gasteiger partial charge in [0.05, 0.1) is 13.7 Å². The van der Waals surface area contributed by atoms with Crippen LogP contribution in [0, 0.1) is 0 Å². The van der Waals surface area contributed by atoms with Gasteiger partial charge in [0.15, 0.2) is 0 Å². The van der Waals surface area contributed by atoms with Crippen molar-refractivity contribution in [2.75, 3.05) is 20.3 Å². The normalized spacial score (nSPS) is 11.0. The minimum Gasteiger partial charge on any atom is -0.497 e. The highest BCUT2D eigenvalue weighted by Gasteiger charge is 2.13. The number of fused-ring (bicyclic) bond motifs is 1. The van der Waals surface area contributed by atoms with Gasteiger partial charge in [-0.25, -0.2) is 0 Å². The quantitative estimate of drug-likeness (QED) is 0.583. The van der Waals surface area contributed by atoms with Crippen molar-refractivity contribution in [2.24, 2.45) is 0 Å². The van der Waals surface area contributed by atoms with E-state index in [1.807, 2.05) is 12.1 Å². The maximum absolute atomic E-state index is 8.93. The number of rotatable bonds is 8. The molecule has 3 aromatic rings. The number of aryl methyl sites for hydroxylation is 1. The van der Waals surface area contributed by atoms with Gasteiger partial charge in [0.1, 0.15) is 5.75 Å². The van der Waals surface area contributed by atoms with Crippen molar-refractivity contribution in [3.63, 3.8) is 0 Å². The van der Waals surface area contributed by atoms with Crippen molar-refractivity contribution in [3.8, 4) is 16.9 Å². The van der Waals surface area contributed by atoms with E-state index >= 15 is 0 Å². The van der Waals surface area contributed by atoms with Crippen LogP contribution in [0.15, 0.2) is 54.6 Å². The van der Waals surface area contributed by atoms with Crippen molar-refractivity contribution in [2.45, 2.75) is 26.4 Å². The minimum absolute atomic E-state index is 0.164. The molecular weight excluding hydrogens is 324 g/mol.